The largest absolute Gasteiger partial charge is 0.497 e. The van der Waals surface area contributed by atoms with Crippen LogP contribution in [0.2, 0.25) is 0 Å². The zero-order chi connectivity index (χ0) is 17.6. The molecular formula is C18H21N3O4. The molecule has 1 aromatic heterocycles. The summed E-state index contributed by atoms with van der Waals surface area (Å²) < 4.78 is 16.3. The van der Waals surface area contributed by atoms with Crippen molar-refractivity contribution < 1.29 is 19.0 Å². The van der Waals surface area contributed by atoms with Gasteiger partial charge in [0.15, 0.2) is 0 Å². The minimum absolute atomic E-state index is 0.0178. The highest BCUT2D eigenvalue weighted by Crippen LogP contribution is 2.27. The zero-order valence-corrected chi connectivity index (χ0v) is 14.3. The third-order valence-electron chi connectivity index (χ3n) is 4.18. The van der Waals surface area contributed by atoms with E-state index in [4.69, 9.17) is 14.2 Å². The van der Waals surface area contributed by atoms with Crippen LogP contribution in [-0.2, 0) is 0 Å². The fourth-order valence-electron chi connectivity index (χ4n) is 2.82. The predicted octanol–water partition coefficient (Wildman–Crippen LogP) is 2.18. The number of benzene rings is 1. The van der Waals surface area contributed by atoms with Crippen molar-refractivity contribution in [3.8, 4) is 17.5 Å². The van der Waals surface area contributed by atoms with E-state index in [2.05, 4.69) is 9.97 Å². The molecule has 0 bridgehead atoms. The van der Waals surface area contributed by atoms with Crippen LogP contribution in [0.15, 0.2) is 36.7 Å². The summed E-state index contributed by atoms with van der Waals surface area (Å²) in [4.78, 5) is 22.7. The number of carbonyl (C=O) groups is 1. The molecule has 3 rings (SSSR count). The van der Waals surface area contributed by atoms with E-state index in [1.165, 1.54) is 0 Å². The Bertz CT molecular complexity index is 716. The van der Waals surface area contributed by atoms with E-state index in [1.807, 2.05) is 4.90 Å². The summed E-state index contributed by atoms with van der Waals surface area (Å²) in [6.07, 6.45) is 4.79. The van der Waals surface area contributed by atoms with Crippen LogP contribution in [0.3, 0.4) is 0 Å². The molecule has 0 radical (unpaired) electrons. The molecule has 1 saturated heterocycles. The van der Waals surface area contributed by atoms with E-state index >= 15 is 0 Å². The number of nitrogens with zero attached hydrogens (tertiary/aromatic N) is 3. The summed E-state index contributed by atoms with van der Waals surface area (Å²) in [6, 6.07) is 7.34. The van der Waals surface area contributed by atoms with E-state index in [9.17, 15) is 4.79 Å². The number of amides is 1. The molecule has 0 unspecified atom stereocenters. The molecule has 0 N–H and O–H groups in total. The lowest BCUT2D eigenvalue weighted by Gasteiger charge is -2.32. The summed E-state index contributed by atoms with van der Waals surface area (Å²) in [5, 5.41) is 0. The summed E-state index contributed by atoms with van der Waals surface area (Å²) in [5.74, 6) is 1.12. The molecule has 7 heteroatoms. The van der Waals surface area contributed by atoms with Crippen LogP contribution in [0, 0.1) is 0 Å². The molecule has 1 aromatic carbocycles. The van der Waals surface area contributed by atoms with Gasteiger partial charge in [-0.1, -0.05) is 0 Å². The third-order valence-corrected chi connectivity index (χ3v) is 4.18. The Morgan fingerprint density at radius 3 is 2.48 bits per heavy atom. The quantitative estimate of drug-likeness (QED) is 0.828. The lowest BCUT2D eigenvalue weighted by atomic mass is 10.1. The maximum absolute atomic E-state index is 12.8. The summed E-state index contributed by atoms with van der Waals surface area (Å²) in [5.41, 5.74) is 0.536. The third kappa shape index (κ3) is 3.99. The second-order valence-corrected chi connectivity index (χ2v) is 5.71. The number of hydrogen-bond acceptors (Lipinski definition) is 6. The molecule has 0 aliphatic carbocycles. The van der Waals surface area contributed by atoms with Gasteiger partial charge >= 0.3 is 6.01 Å². The van der Waals surface area contributed by atoms with Gasteiger partial charge in [0.2, 0.25) is 0 Å². The first-order valence-electron chi connectivity index (χ1n) is 8.16. The Kier molecular flexibility index (Phi) is 5.33. The van der Waals surface area contributed by atoms with Crippen molar-refractivity contribution in [1.29, 1.82) is 0 Å². The summed E-state index contributed by atoms with van der Waals surface area (Å²) in [6.45, 7) is 1.23. The highest BCUT2D eigenvalue weighted by molar-refractivity contribution is 5.97. The van der Waals surface area contributed by atoms with Gasteiger partial charge in [-0.15, -0.1) is 0 Å². The molecule has 1 aliphatic rings. The van der Waals surface area contributed by atoms with Crippen LogP contribution < -0.4 is 14.2 Å². The number of ether oxygens (including phenoxy) is 3. The van der Waals surface area contributed by atoms with E-state index in [0.29, 0.717) is 36.2 Å². The van der Waals surface area contributed by atoms with Crippen molar-refractivity contribution in [3.63, 3.8) is 0 Å². The molecular weight excluding hydrogens is 322 g/mol. The van der Waals surface area contributed by atoms with Gasteiger partial charge in [0.05, 0.1) is 19.8 Å². The lowest BCUT2D eigenvalue weighted by Crippen LogP contribution is -2.42. The average molecular weight is 343 g/mol. The van der Waals surface area contributed by atoms with Gasteiger partial charge in [-0.25, -0.2) is 9.97 Å². The number of hydrogen-bond donors (Lipinski definition) is 0. The molecule has 2 heterocycles. The van der Waals surface area contributed by atoms with Crippen molar-refractivity contribution in [2.45, 2.75) is 18.9 Å². The van der Waals surface area contributed by atoms with Gasteiger partial charge in [0.1, 0.15) is 17.6 Å². The molecule has 132 valence electrons. The van der Waals surface area contributed by atoms with E-state index in [1.54, 1.807) is 50.9 Å². The first-order valence-corrected chi connectivity index (χ1v) is 8.16. The van der Waals surface area contributed by atoms with Gasteiger partial charge < -0.3 is 19.1 Å². The number of methoxy groups -OCH3 is 2. The molecule has 0 atom stereocenters. The smallest absolute Gasteiger partial charge is 0.316 e. The van der Waals surface area contributed by atoms with Crippen LogP contribution in [0.5, 0.6) is 17.5 Å². The molecule has 1 fully saturated rings. The number of likely N-dealkylation sites (tertiary alicyclic amines) is 1. The van der Waals surface area contributed by atoms with Crippen LogP contribution in [0.1, 0.15) is 23.2 Å². The maximum atomic E-state index is 12.8. The van der Waals surface area contributed by atoms with Crippen LogP contribution >= 0.6 is 0 Å². The molecule has 1 aliphatic heterocycles. The van der Waals surface area contributed by atoms with Gasteiger partial charge in [0, 0.05) is 44.4 Å². The van der Waals surface area contributed by atoms with Gasteiger partial charge in [-0.05, 0) is 18.2 Å². The number of carbonyl (C=O) groups excluding carboxylic acids is 1. The van der Waals surface area contributed by atoms with Gasteiger partial charge in [-0.2, -0.15) is 0 Å². The van der Waals surface area contributed by atoms with E-state index < -0.39 is 0 Å². The van der Waals surface area contributed by atoms with Crippen molar-refractivity contribution in [1.82, 2.24) is 14.9 Å². The summed E-state index contributed by atoms with van der Waals surface area (Å²) >= 11 is 0. The molecule has 7 nitrogen and oxygen atoms in total. The molecule has 0 saturated carbocycles. The van der Waals surface area contributed by atoms with Crippen molar-refractivity contribution in [3.05, 3.63) is 42.2 Å². The SMILES string of the molecule is COc1ccc(C(=O)N2CCC(Oc3ncccn3)CC2)c(OC)c1. The van der Waals surface area contributed by atoms with E-state index in [-0.39, 0.29) is 12.0 Å². The number of piperidine rings is 1. The molecule has 2 aromatic rings. The Labute approximate surface area is 146 Å². The van der Waals surface area contributed by atoms with Gasteiger partial charge in [0.25, 0.3) is 5.91 Å². The number of aromatic nitrogens is 2. The summed E-state index contributed by atoms with van der Waals surface area (Å²) in [7, 11) is 3.13. The molecule has 0 spiro atoms. The topological polar surface area (TPSA) is 73.8 Å². The van der Waals surface area contributed by atoms with Crippen molar-refractivity contribution >= 4 is 5.91 Å². The van der Waals surface area contributed by atoms with Gasteiger partial charge in [-0.3, -0.25) is 4.79 Å². The Morgan fingerprint density at radius 2 is 1.84 bits per heavy atom. The first-order chi connectivity index (χ1) is 12.2. The van der Waals surface area contributed by atoms with E-state index in [0.717, 1.165) is 12.8 Å². The van der Waals surface area contributed by atoms with Crippen LogP contribution in [0.25, 0.3) is 0 Å². The van der Waals surface area contributed by atoms with Crippen LogP contribution in [-0.4, -0.2) is 54.2 Å². The second kappa shape index (κ2) is 7.83. The number of rotatable bonds is 5. The minimum Gasteiger partial charge on any atom is -0.497 e. The zero-order valence-electron chi connectivity index (χ0n) is 14.3. The lowest BCUT2D eigenvalue weighted by molar-refractivity contribution is 0.0576. The molecule has 25 heavy (non-hydrogen) atoms. The van der Waals surface area contributed by atoms with Crippen molar-refractivity contribution in [2.75, 3.05) is 27.3 Å². The normalized spacial score (nSPS) is 14.9. The Balaban J connectivity index is 1.62. The highest BCUT2D eigenvalue weighted by atomic mass is 16.5. The maximum Gasteiger partial charge on any atom is 0.316 e. The fraction of sp³-hybridized carbons (Fsp3) is 0.389. The first kappa shape index (κ1) is 17.0. The average Bonchev–Trinajstić information content (AvgIpc) is 2.68. The Hall–Kier alpha value is -2.83. The predicted molar refractivity (Wildman–Crippen MR) is 91.1 cm³/mol. The molecule has 1 amide bonds. The second-order valence-electron chi connectivity index (χ2n) is 5.71. The van der Waals surface area contributed by atoms with Crippen LogP contribution in [0.4, 0.5) is 0 Å². The monoisotopic (exact) mass is 343 g/mol. The highest BCUT2D eigenvalue weighted by Gasteiger charge is 2.27. The minimum atomic E-state index is -0.0473. The Morgan fingerprint density at radius 1 is 1.12 bits per heavy atom. The standard InChI is InChI=1S/C18H21N3O4/c1-23-14-4-5-15(16(12-14)24-2)17(22)21-10-6-13(7-11-21)25-18-19-8-3-9-20-18/h3-5,8-9,12-13H,6-7,10-11H2,1-2H3. The van der Waals surface area contributed by atoms with Crippen molar-refractivity contribution in [2.24, 2.45) is 0 Å². The fourth-order valence-corrected chi connectivity index (χ4v) is 2.82.